The molecule has 1 N–H and O–H groups in total. The molecule has 0 aromatic heterocycles. The van der Waals surface area contributed by atoms with Crippen molar-refractivity contribution in [1.29, 1.82) is 0 Å². The highest BCUT2D eigenvalue weighted by molar-refractivity contribution is 7.78. The van der Waals surface area contributed by atoms with Crippen LogP contribution in [0.2, 0.25) is 0 Å². The van der Waals surface area contributed by atoms with E-state index in [-0.39, 0.29) is 6.04 Å². The van der Waals surface area contributed by atoms with Crippen molar-refractivity contribution in [2.45, 2.75) is 52.2 Å². The van der Waals surface area contributed by atoms with Crippen LogP contribution < -0.4 is 10.1 Å². The zero-order valence-electron chi connectivity index (χ0n) is 14.1. The molecule has 0 fully saturated rings. The summed E-state index contributed by atoms with van der Waals surface area (Å²) in [5.41, 5.74) is 0.247. The van der Waals surface area contributed by atoms with Gasteiger partial charge in [-0.25, -0.2) is 4.79 Å². The van der Waals surface area contributed by atoms with Gasteiger partial charge in [0, 0.05) is 12.5 Å². The molecule has 1 rings (SSSR count). The number of hydrogen-bond donors (Lipinski definition) is 1. The van der Waals surface area contributed by atoms with E-state index in [2.05, 4.69) is 27.7 Å². The van der Waals surface area contributed by atoms with Crippen LogP contribution >= 0.6 is 12.2 Å². The van der Waals surface area contributed by atoms with Gasteiger partial charge in [-0.15, -0.1) is 0 Å². The number of thiocarbonyl (C=S) groups is 1. The van der Waals surface area contributed by atoms with Crippen LogP contribution in [0.1, 0.15) is 40.5 Å². The quantitative estimate of drug-likeness (QED) is 0.588. The number of nitrogens with zero attached hydrogens (tertiary/aromatic N) is 1. The Morgan fingerprint density at radius 2 is 2.00 bits per heavy atom. The Kier molecular flexibility index (Phi) is 7.72. The zero-order valence-corrected chi connectivity index (χ0v) is 14.9. The molecule has 0 heterocycles. The molecule has 6 heteroatoms. The molecule has 0 aliphatic rings. The molecule has 0 saturated heterocycles. The molecule has 1 atom stereocenters. The Morgan fingerprint density at radius 3 is 2.52 bits per heavy atom. The Morgan fingerprint density at radius 1 is 1.35 bits per heavy atom. The number of carbonyl (C=O) groups is 1. The molecule has 5 nitrogen and oxygen atoms in total. The summed E-state index contributed by atoms with van der Waals surface area (Å²) >= 11 is 4.55. The van der Waals surface area contributed by atoms with Crippen LogP contribution in [-0.4, -0.2) is 29.5 Å². The number of amides is 1. The molecule has 0 radical (unpaired) electrons. The third-order valence-electron chi connectivity index (χ3n) is 2.96. The van der Waals surface area contributed by atoms with Gasteiger partial charge in [0.2, 0.25) is 0 Å². The minimum Gasteiger partial charge on any atom is -0.494 e. The monoisotopic (exact) mass is 336 g/mol. The van der Waals surface area contributed by atoms with E-state index in [1.165, 1.54) is 0 Å². The minimum atomic E-state index is -0.494. The van der Waals surface area contributed by atoms with E-state index >= 15 is 0 Å². The average molecular weight is 336 g/mol. The van der Waals surface area contributed by atoms with E-state index in [0.717, 1.165) is 17.9 Å². The van der Waals surface area contributed by atoms with Gasteiger partial charge in [-0.05, 0) is 63.7 Å². The number of benzene rings is 1. The second kappa shape index (κ2) is 9.28. The van der Waals surface area contributed by atoms with Crippen LogP contribution in [0.15, 0.2) is 29.3 Å². The maximum Gasteiger partial charge on any atom is 0.407 e. The van der Waals surface area contributed by atoms with Crippen molar-refractivity contribution in [3.63, 3.8) is 0 Å². The third kappa shape index (κ3) is 8.33. The van der Waals surface area contributed by atoms with Crippen molar-refractivity contribution in [3.05, 3.63) is 24.3 Å². The summed E-state index contributed by atoms with van der Waals surface area (Å²) in [6.07, 6.45) is 1.12. The number of nitrogens with one attached hydrogen (secondary N) is 1. The van der Waals surface area contributed by atoms with Gasteiger partial charge in [-0.2, -0.15) is 4.99 Å². The van der Waals surface area contributed by atoms with E-state index in [0.29, 0.717) is 13.0 Å². The highest BCUT2D eigenvalue weighted by atomic mass is 32.1. The van der Waals surface area contributed by atoms with Crippen molar-refractivity contribution in [1.82, 2.24) is 5.32 Å². The minimum absolute atomic E-state index is 0.0172. The lowest BCUT2D eigenvalue weighted by Gasteiger charge is -2.23. The second-order valence-electron chi connectivity index (χ2n) is 6.09. The number of alkyl carbamates (subject to hydrolysis) is 1. The first-order valence-electron chi connectivity index (χ1n) is 7.64. The molecular weight excluding hydrogens is 312 g/mol. The van der Waals surface area contributed by atoms with E-state index in [1.54, 1.807) is 0 Å². The van der Waals surface area contributed by atoms with Crippen LogP contribution in [0, 0.1) is 0 Å². The largest absolute Gasteiger partial charge is 0.494 e. The number of rotatable bonds is 7. The van der Waals surface area contributed by atoms with Gasteiger partial charge < -0.3 is 14.8 Å². The molecule has 0 bridgehead atoms. The van der Waals surface area contributed by atoms with Gasteiger partial charge in [0.1, 0.15) is 11.4 Å². The van der Waals surface area contributed by atoms with E-state index in [4.69, 9.17) is 9.47 Å². The van der Waals surface area contributed by atoms with Crippen LogP contribution in [0.3, 0.4) is 0 Å². The van der Waals surface area contributed by atoms with Gasteiger partial charge in [0.25, 0.3) is 0 Å². The molecular formula is C17H24N2O3S. The predicted molar refractivity (Wildman–Crippen MR) is 94.7 cm³/mol. The topological polar surface area (TPSA) is 59.9 Å². The Hall–Kier alpha value is -1.91. The predicted octanol–water partition coefficient (Wildman–Crippen LogP) is 4.49. The lowest BCUT2D eigenvalue weighted by molar-refractivity contribution is 0.0497. The summed E-state index contributed by atoms with van der Waals surface area (Å²) in [4.78, 5) is 15.6. The Balaban J connectivity index is 2.39. The standard InChI is InChI=1S/C17H24N2O3S/c1-5-13(19-16(20)22-17(2,3)4)10-11-21-15-8-6-14(7-9-15)18-12-23/h6-9,13H,5,10-11H2,1-4H3,(H,19,20). The smallest absolute Gasteiger partial charge is 0.407 e. The SMILES string of the molecule is CCC(CCOc1ccc(N=C=S)cc1)NC(=O)OC(C)(C)C. The van der Waals surface area contributed by atoms with Crippen LogP contribution in [-0.2, 0) is 4.74 Å². The maximum atomic E-state index is 11.8. The lowest BCUT2D eigenvalue weighted by atomic mass is 10.1. The Labute approximate surface area is 143 Å². The summed E-state index contributed by atoms with van der Waals surface area (Å²) in [6, 6.07) is 7.29. The second-order valence-corrected chi connectivity index (χ2v) is 6.27. The highest BCUT2D eigenvalue weighted by Gasteiger charge is 2.18. The van der Waals surface area contributed by atoms with Crippen LogP contribution in [0.4, 0.5) is 10.5 Å². The summed E-state index contributed by atoms with van der Waals surface area (Å²) in [5, 5.41) is 5.18. The lowest BCUT2D eigenvalue weighted by Crippen LogP contribution is -2.39. The molecule has 0 spiro atoms. The van der Waals surface area contributed by atoms with Gasteiger partial charge in [-0.3, -0.25) is 0 Å². The number of carbonyl (C=O) groups excluding carboxylic acids is 1. The fourth-order valence-electron chi connectivity index (χ4n) is 1.84. The highest BCUT2D eigenvalue weighted by Crippen LogP contribution is 2.18. The average Bonchev–Trinajstić information content (AvgIpc) is 2.46. The van der Waals surface area contributed by atoms with Crippen molar-refractivity contribution in [3.8, 4) is 5.75 Å². The summed E-state index contributed by atoms with van der Waals surface area (Å²) in [5.74, 6) is 0.750. The Bertz CT molecular complexity index is 546. The van der Waals surface area contributed by atoms with Gasteiger partial charge in [0.05, 0.1) is 17.5 Å². The van der Waals surface area contributed by atoms with Gasteiger partial charge in [-0.1, -0.05) is 6.92 Å². The molecule has 1 amide bonds. The van der Waals surface area contributed by atoms with Crippen molar-refractivity contribution >= 4 is 29.2 Å². The van der Waals surface area contributed by atoms with E-state index < -0.39 is 11.7 Å². The number of ether oxygens (including phenoxy) is 2. The van der Waals surface area contributed by atoms with Crippen molar-refractivity contribution in [2.75, 3.05) is 6.61 Å². The van der Waals surface area contributed by atoms with Crippen LogP contribution in [0.5, 0.6) is 5.75 Å². The normalized spacial score (nSPS) is 12.0. The first-order chi connectivity index (χ1) is 10.8. The molecule has 1 unspecified atom stereocenters. The summed E-state index contributed by atoms with van der Waals surface area (Å²) < 4.78 is 10.9. The van der Waals surface area contributed by atoms with E-state index in [1.807, 2.05) is 52.0 Å². The molecule has 0 saturated carbocycles. The number of aliphatic imine (C=N–C) groups is 1. The third-order valence-corrected chi connectivity index (χ3v) is 3.05. The number of hydrogen-bond acceptors (Lipinski definition) is 5. The van der Waals surface area contributed by atoms with E-state index in [9.17, 15) is 4.79 Å². The van der Waals surface area contributed by atoms with Crippen molar-refractivity contribution < 1.29 is 14.3 Å². The fourth-order valence-corrected chi connectivity index (χ4v) is 1.95. The van der Waals surface area contributed by atoms with Crippen LogP contribution in [0.25, 0.3) is 0 Å². The molecule has 1 aromatic carbocycles. The molecule has 0 aliphatic carbocycles. The fraction of sp³-hybridized carbons (Fsp3) is 0.529. The maximum absolute atomic E-state index is 11.8. The zero-order chi connectivity index (χ0) is 17.3. The number of isothiocyanates is 1. The summed E-state index contributed by atoms with van der Waals surface area (Å²) in [7, 11) is 0. The van der Waals surface area contributed by atoms with Gasteiger partial charge >= 0.3 is 6.09 Å². The van der Waals surface area contributed by atoms with Crippen molar-refractivity contribution in [2.24, 2.45) is 4.99 Å². The van der Waals surface area contributed by atoms with Gasteiger partial charge in [0.15, 0.2) is 0 Å². The molecule has 1 aromatic rings. The summed E-state index contributed by atoms with van der Waals surface area (Å²) in [6.45, 7) is 8.04. The molecule has 23 heavy (non-hydrogen) atoms. The molecule has 126 valence electrons. The molecule has 0 aliphatic heterocycles. The first-order valence-corrected chi connectivity index (χ1v) is 8.05. The first kappa shape index (κ1) is 19.1.